The van der Waals surface area contributed by atoms with Gasteiger partial charge in [-0.05, 0) is 18.2 Å². The number of aromatic amines is 6. The molecule has 90 heavy (non-hydrogen) atoms. The average molecular weight is 1210 g/mol. The Balaban J connectivity index is 0.000000100. The van der Waals surface area contributed by atoms with Gasteiger partial charge in [0.1, 0.15) is 76.9 Å². The first-order valence-corrected chi connectivity index (χ1v) is 29.2. The van der Waals surface area contributed by atoms with Crippen LogP contribution in [0.3, 0.4) is 0 Å². The highest BCUT2D eigenvalue weighted by Crippen LogP contribution is 2.29. The van der Waals surface area contributed by atoms with E-state index in [0.29, 0.717) is 33.9 Å². The summed E-state index contributed by atoms with van der Waals surface area (Å²) in [6.07, 6.45) is 24.6. The molecule has 0 aromatic carbocycles. The molecule has 0 atom stereocenters. The summed E-state index contributed by atoms with van der Waals surface area (Å²) < 4.78 is 0. The first-order chi connectivity index (χ1) is 44.6. The highest BCUT2D eigenvalue weighted by atomic mass is 15.4. The highest BCUT2D eigenvalue weighted by Gasteiger charge is 2.27. The van der Waals surface area contributed by atoms with Crippen molar-refractivity contribution in [1.29, 1.82) is 0 Å². The Morgan fingerprint density at radius 3 is 0.722 bits per heavy atom. The van der Waals surface area contributed by atoms with Gasteiger partial charge < -0.3 is 69.1 Å². The summed E-state index contributed by atoms with van der Waals surface area (Å²) in [5.74, 6) is 7.23. The summed E-state index contributed by atoms with van der Waals surface area (Å²) in [5.41, 5.74) is 9.50. The SMILES string of the molecule is c1ccc(N2CCN(c3ncnc4nc[nH]c34)CC2)nc1.c1cnc(N2CCN(c3ncnc4nc[nH]c34)CC2)nc1.c1nc(N2CCN(c3ncnc4nc[nH]c34)CC2)c2[nH]cnc2n1.c1nc(N2CCN(c3ncnc4nc[nH]c34)CC2)c2[nH]cnc2n1. The number of fused-ring (bicyclic) bond motifs is 6. The number of aromatic nitrogens is 27. The van der Waals surface area contributed by atoms with Crippen molar-refractivity contribution in [2.24, 2.45) is 0 Å². The number of rotatable bonds is 8. The first-order valence-electron chi connectivity index (χ1n) is 29.2. The molecule has 0 amide bonds. The maximum absolute atomic E-state index is 4.43. The van der Waals surface area contributed by atoms with Crippen molar-refractivity contribution in [1.82, 2.24) is 135 Å². The summed E-state index contributed by atoms with van der Waals surface area (Å²) in [6.45, 7) is 13.8. The molecule has 18 heterocycles. The van der Waals surface area contributed by atoms with E-state index in [0.717, 1.165) is 184 Å². The molecule has 0 spiro atoms. The van der Waals surface area contributed by atoms with E-state index in [1.807, 2.05) is 30.5 Å². The minimum atomic E-state index is 0.692. The van der Waals surface area contributed by atoms with Crippen molar-refractivity contribution in [2.45, 2.75) is 0 Å². The fourth-order valence-electron chi connectivity index (χ4n) is 11.5. The van der Waals surface area contributed by atoms with Crippen molar-refractivity contribution in [3.05, 3.63) is 119 Å². The number of nitrogens with one attached hydrogen (secondary N) is 6. The maximum Gasteiger partial charge on any atom is 0.225 e. The van der Waals surface area contributed by atoms with Crippen LogP contribution in [0.5, 0.6) is 0 Å². The normalized spacial score (nSPS) is 15.6. The van der Waals surface area contributed by atoms with Crippen LogP contribution in [0.2, 0.25) is 0 Å². The third kappa shape index (κ3) is 11.1. The lowest BCUT2D eigenvalue weighted by atomic mass is 10.3. The van der Waals surface area contributed by atoms with Crippen LogP contribution in [0.1, 0.15) is 0 Å². The summed E-state index contributed by atoms with van der Waals surface area (Å²) >= 11 is 0. The summed E-state index contributed by atoms with van der Waals surface area (Å²) in [4.78, 5) is 126. The van der Waals surface area contributed by atoms with E-state index >= 15 is 0 Å². The minimum Gasteiger partial charge on any atom is -0.353 e. The quantitative estimate of drug-likeness (QED) is 0.127. The van der Waals surface area contributed by atoms with E-state index in [-0.39, 0.29) is 0 Å². The molecule has 0 unspecified atom stereocenters. The standard InChI is InChI=1S/2C14H14N10.C14H15N7.C13H14N8/c2*1-2-24(14-10-12(18-6-16-10)20-8-22-14)4-3-23(1)13-9-11(17-5-15-9)19-7-21-13;1-2-4-15-11(3-1)20-5-7-21(8-6-20)14-12-13(17-9-16-12)18-10-19-14;1-2-14-13(15-3-1)21-6-4-20(5-7-21)12-10-11(17-8-16-10)18-9-19-12/h2*5-8H,1-4H2,(H,15,17,19,21)(H,16,18,20,22);1-4,9-10H,5-8H2,(H,16,17,18,19);1-3,8-9H,4-7H2,(H,16,17,18,19). The number of H-pyrrole nitrogens is 6. The molecular weight excluding hydrogens is 1150 g/mol. The van der Waals surface area contributed by atoms with Gasteiger partial charge in [-0.25, -0.2) is 105 Å². The molecule has 14 aromatic heterocycles. The number of piperazine rings is 4. The van der Waals surface area contributed by atoms with Crippen LogP contribution in [0.15, 0.2) is 119 Å². The molecule has 18 rings (SSSR count). The predicted molar refractivity (Wildman–Crippen MR) is 334 cm³/mol. The first kappa shape index (κ1) is 54.6. The van der Waals surface area contributed by atoms with Crippen molar-refractivity contribution >= 4 is 114 Å². The molecule has 0 bridgehead atoms. The number of anilines is 8. The largest absolute Gasteiger partial charge is 0.353 e. The van der Waals surface area contributed by atoms with Crippen LogP contribution in [-0.2, 0) is 0 Å². The van der Waals surface area contributed by atoms with Gasteiger partial charge >= 0.3 is 0 Å². The van der Waals surface area contributed by atoms with Crippen molar-refractivity contribution < 1.29 is 0 Å². The van der Waals surface area contributed by atoms with E-state index in [2.05, 4.69) is 174 Å². The molecule has 6 N–H and O–H groups in total. The molecule has 0 aliphatic carbocycles. The van der Waals surface area contributed by atoms with E-state index in [9.17, 15) is 0 Å². The molecule has 0 radical (unpaired) electrons. The van der Waals surface area contributed by atoms with Gasteiger partial charge in [0, 0.05) is 123 Å². The van der Waals surface area contributed by atoms with E-state index in [1.165, 1.54) is 0 Å². The zero-order chi connectivity index (χ0) is 60.0. The average Bonchev–Trinajstić information content (AvgIpc) is 3.31. The fourth-order valence-corrected chi connectivity index (χ4v) is 11.5. The second kappa shape index (κ2) is 24.7. The number of nitrogens with zero attached hydrogens (tertiary/aromatic N) is 29. The van der Waals surface area contributed by atoms with Crippen LogP contribution in [-0.4, -0.2) is 239 Å². The van der Waals surface area contributed by atoms with Crippen molar-refractivity contribution in [2.75, 3.05) is 144 Å². The minimum absolute atomic E-state index is 0.692. The molecule has 4 fully saturated rings. The number of imidazole rings is 6. The third-order valence-corrected chi connectivity index (χ3v) is 15.9. The molecule has 0 saturated carbocycles. The lowest BCUT2D eigenvalue weighted by Crippen LogP contribution is -2.47. The second-order valence-corrected chi connectivity index (χ2v) is 20.9. The molecule has 452 valence electrons. The van der Waals surface area contributed by atoms with Gasteiger partial charge in [0.2, 0.25) is 5.95 Å². The molecule has 14 aromatic rings. The maximum atomic E-state index is 4.43. The topological polar surface area (TPSA) is 391 Å². The Labute approximate surface area is 509 Å². The lowest BCUT2D eigenvalue weighted by molar-refractivity contribution is 0.635. The van der Waals surface area contributed by atoms with Gasteiger partial charge in [-0.15, -0.1) is 0 Å². The summed E-state index contributed by atoms with van der Waals surface area (Å²) in [6, 6.07) is 7.84. The van der Waals surface area contributed by atoms with Crippen molar-refractivity contribution in [3.8, 4) is 0 Å². The molecule has 35 heteroatoms. The summed E-state index contributed by atoms with van der Waals surface area (Å²) in [5, 5.41) is 0. The Morgan fingerprint density at radius 2 is 0.467 bits per heavy atom. The second-order valence-electron chi connectivity index (χ2n) is 20.9. The molecule has 4 saturated heterocycles. The fraction of sp³-hybridized carbons (Fsp3) is 0.291. The van der Waals surface area contributed by atoms with Gasteiger partial charge in [0.25, 0.3) is 0 Å². The van der Waals surface area contributed by atoms with Crippen LogP contribution >= 0.6 is 0 Å². The van der Waals surface area contributed by atoms with E-state index in [1.54, 1.807) is 88.3 Å². The van der Waals surface area contributed by atoms with E-state index in [4.69, 9.17) is 0 Å². The lowest BCUT2D eigenvalue weighted by Gasteiger charge is -2.36. The molecular formula is C55H57N35. The molecule has 35 nitrogen and oxygen atoms in total. The van der Waals surface area contributed by atoms with Crippen LogP contribution in [0, 0.1) is 0 Å². The zero-order valence-electron chi connectivity index (χ0n) is 48.3. The van der Waals surface area contributed by atoms with Crippen LogP contribution in [0.4, 0.5) is 46.7 Å². The van der Waals surface area contributed by atoms with Crippen LogP contribution < -0.4 is 39.2 Å². The monoisotopic (exact) mass is 1210 g/mol. The van der Waals surface area contributed by atoms with Gasteiger partial charge in [0.15, 0.2) is 68.8 Å². The Hall–Kier alpha value is -12.1. The zero-order valence-corrected chi connectivity index (χ0v) is 48.3. The Kier molecular flexibility index (Phi) is 15.0. The Bertz CT molecular complexity index is 4170. The highest BCUT2D eigenvalue weighted by molar-refractivity contribution is 5.87. The van der Waals surface area contributed by atoms with Crippen LogP contribution in [0.25, 0.3) is 67.0 Å². The Morgan fingerprint density at radius 1 is 0.222 bits per heavy atom. The van der Waals surface area contributed by atoms with Gasteiger partial charge in [-0.1, -0.05) is 6.07 Å². The number of hydrogen-bond donors (Lipinski definition) is 6. The van der Waals surface area contributed by atoms with Gasteiger partial charge in [0.05, 0.1) is 38.0 Å². The van der Waals surface area contributed by atoms with Gasteiger partial charge in [-0.2, -0.15) is 0 Å². The molecule has 4 aliphatic rings. The predicted octanol–water partition coefficient (Wildman–Crippen LogP) is 2.24. The smallest absolute Gasteiger partial charge is 0.225 e. The summed E-state index contributed by atoms with van der Waals surface area (Å²) in [7, 11) is 0. The van der Waals surface area contributed by atoms with Gasteiger partial charge in [-0.3, -0.25) is 0 Å². The number of pyridine rings is 1. The number of hydrogen-bond acceptors (Lipinski definition) is 29. The van der Waals surface area contributed by atoms with Crippen molar-refractivity contribution in [3.63, 3.8) is 0 Å². The third-order valence-electron chi connectivity index (χ3n) is 15.9. The van der Waals surface area contributed by atoms with E-state index < -0.39 is 0 Å². The molecule has 4 aliphatic heterocycles.